The highest BCUT2D eigenvalue weighted by Gasteiger charge is 2.69. The first kappa shape index (κ1) is 41.7. The average molecular weight is 765 g/mol. The Morgan fingerprint density at radius 2 is 1.55 bits per heavy atom. The van der Waals surface area contributed by atoms with Crippen LogP contribution >= 0.6 is 0 Å². The minimum atomic E-state index is -1.17. The molecule has 55 heavy (non-hydrogen) atoms. The molecule has 14 heteroatoms. The Morgan fingerprint density at radius 1 is 0.891 bits per heavy atom. The molecule has 0 unspecified atom stereocenters. The van der Waals surface area contributed by atoms with E-state index in [2.05, 4.69) is 35.1 Å². The van der Waals surface area contributed by atoms with Gasteiger partial charge in [0.25, 0.3) is 5.91 Å². The lowest BCUT2D eigenvalue weighted by Crippen LogP contribution is -2.60. The van der Waals surface area contributed by atoms with Gasteiger partial charge in [-0.3, -0.25) is 28.8 Å². The summed E-state index contributed by atoms with van der Waals surface area (Å²) in [5.41, 5.74) is -0.423. The SMILES string of the molecule is CN(C)C(=O)[C@@H](NC(=O)CNC(=O)C(=O)[C@H](CC1CCC1)NC(=O)[C@@H]1[C@@H]2[C@H](CN1C(=O)[C@@H](NC(=O)OC(C)(C)C)C1CCCCC1)C2(C)C)c1ccccc1. The zero-order chi connectivity index (χ0) is 40.2. The van der Waals surface area contributed by atoms with E-state index < -0.39 is 65.9 Å². The molecule has 4 N–H and O–H groups in total. The van der Waals surface area contributed by atoms with E-state index in [0.717, 1.165) is 51.4 Å². The largest absolute Gasteiger partial charge is 0.444 e. The summed E-state index contributed by atoms with van der Waals surface area (Å²) < 4.78 is 5.54. The molecule has 4 aliphatic rings. The number of carbonyl (C=O) groups excluding carboxylic acids is 7. The molecule has 0 aromatic heterocycles. The quantitative estimate of drug-likeness (QED) is 0.208. The van der Waals surface area contributed by atoms with Crippen LogP contribution in [0.5, 0.6) is 0 Å². The Labute approximate surface area is 324 Å². The number of ketones is 1. The van der Waals surface area contributed by atoms with Gasteiger partial charge in [-0.1, -0.05) is 82.7 Å². The number of Topliss-reactive ketones (excluding diaryl/α,β-unsaturated/α-hetero) is 1. The van der Waals surface area contributed by atoms with E-state index in [9.17, 15) is 33.6 Å². The summed E-state index contributed by atoms with van der Waals surface area (Å²) in [4.78, 5) is 97.7. The molecule has 1 aromatic carbocycles. The molecular weight excluding hydrogens is 704 g/mol. The highest BCUT2D eigenvalue weighted by atomic mass is 16.6. The molecule has 4 fully saturated rings. The summed E-state index contributed by atoms with van der Waals surface area (Å²) in [7, 11) is 3.14. The Bertz CT molecular complexity index is 1610. The van der Waals surface area contributed by atoms with Crippen LogP contribution in [0.15, 0.2) is 30.3 Å². The number of hydrogen-bond acceptors (Lipinski definition) is 8. The van der Waals surface area contributed by atoms with Gasteiger partial charge in [0.15, 0.2) is 0 Å². The molecular formula is C41H60N6O8. The third-order valence-electron chi connectivity index (χ3n) is 12.0. The fourth-order valence-corrected chi connectivity index (χ4v) is 8.63. The summed E-state index contributed by atoms with van der Waals surface area (Å²) in [6.45, 7) is 9.17. The van der Waals surface area contributed by atoms with Gasteiger partial charge in [-0.25, -0.2) is 4.79 Å². The number of ether oxygens (including phenoxy) is 1. The number of hydrogen-bond donors (Lipinski definition) is 4. The second kappa shape index (κ2) is 17.1. The topological polar surface area (TPSA) is 183 Å². The van der Waals surface area contributed by atoms with Crippen LogP contribution in [0.4, 0.5) is 4.79 Å². The number of carbonyl (C=O) groups is 7. The Hall–Kier alpha value is -4.49. The van der Waals surface area contributed by atoms with E-state index >= 15 is 0 Å². The van der Waals surface area contributed by atoms with Crippen molar-refractivity contribution in [3.05, 3.63) is 35.9 Å². The normalized spacial score (nSPS) is 23.5. The predicted molar refractivity (Wildman–Crippen MR) is 204 cm³/mol. The van der Waals surface area contributed by atoms with Gasteiger partial charge in [0.2, 0.25) is 29.4 Å². The maximum Gasteiger partial charge on any atom is 0.408 e. The van der Waals surface area contributed by atoms with Gasteiger partial charge in [-0.2, -0.15) is 0 Å². The fraction of sp³-hybridized carbons (Fsp3) is 0.683. The van der Waals surface area contributed by atoms with Crippen molar-refractivity contribution in [2.24, 2.45) is 29.1 Å². The lowest BCUT2D eigenvalue weighted by atomic mass is 9.80. The van der Waals surface area contributed by atoms with Crippen LogP contribution in [0.3, 0.4) is 0 Å². The maximum absolute atomic E-state index is 14.5. The van der Waals surface area contributed by atoms with E-state index in [1.807, 2.05) is 0 Å². The number of nitrogens with zero attached hydrogens (tertiary/aromatic N) is 2. The molecule has 14 nitrogen and oxygen atoms in total. The molecule has 1 heterocycles. The molecule has 1 aliphatic heterocycles. The third kappa shape index (κ3) is 10.0. The molecule has 0 bridgehead atoms. The smallest absolute Gasteiger partial charge is 0.408 e. The number of benzene rings is 1. The second-order valence-corrected chi connectivity index (χ2v) is 17.7. The molecule has 1 aromatic rings. The van der Waals surface area contributed by atoms with Gasteiger partial charge in [0.1, 0.15) is 23.7 Å². The van der Waals surface area contributed by atoms with Crippen LogP contribution in [-0.4, -0.2) is 102 Å². The van der Waals surface area contributed by atoms with Gasteiger partial charge >= 0.3 is 6.09 Å². The molecule has 0 radical (unpaired) electrons. The second-order valence-electron chi connectivity index (χ2n) is 17.7. The Balaban J connectivity index is 1.29. The molecule has 3 saturated carbocycles. The predicted octanol–water partition coefficient (Wildman–Crippen LogP) is 3.25. The molecule has 0 spiro atoms. The fourth-order valence-electron chi connectivity index (χ4n) is 8.63. The van der Waals surface area contributed by atoms with Gasteiger partial charge in [0, 0.05) is 20.6 Å². The first-order valence-corrected chi connectivity index (χ1v) is 19.9. The lowest BCUT2D eigenvalue weighted by Gasteiger charge is -2.37. The Kier molecular flexibility index (Phi) is 13.0. The van der Waals surface area contributed by atoms with E-state index in [-0.39, 0.29) is 47.3 Å². The minimum absolute atomic E-state index is 0.0578. The zero-order valence-electron chi connectivity index (χ0n) is 33.4. The molecule has 6 atom stereocenters. The van der Waals surface area contributed by atoms with Crippen molar-refractivity contribution in [3.63, 3.8) is 0 Å². The summed E-state index contributed by atoms with van der Waals surface area (Å²) in [6.07, 6.45) is 6.70. The van der Waals surface area contributed by atoms with Crippen LogP contribution in [-0.2, 0) is 33.5 Å². The summed E-state index contributed by atoms with van der Waals surface area (Å²) in [6, 6.07) is 4.77. The van der Waals surface area contributed by atoms with Crippen molar-refractivity contribution < 1.29 is 38.3 Å². The van der Waals surface area contributed by atoms with Crippen LogP contribution in [0, 0.1) is 29.1 Å². The van der Waals surface area contributed by atoms with Crippen molar-refractivity contribution in [1.29, 1.82) is 0 Å². The van der Waals surface area contributed by atoms with Gasteiger partial charge in [-0.15, -0.1) is 0 Å². The number of piperidine rings is 1. The van der Waals surface area contributed by atoms with E-state index in [4.69, 9.17) is 4.74 Å². The minimum Gasteiger partial charge on any atom is -0.444 e. The van der Waals surface area contributed by atoms with Gasteiger partial charge < -0.3 is 35.8 Å². The van der Waals surface area contributed by atoms with Crippen LogP contribution < -0.4 is 21.3 Å². The summed E-state index contributed by atoms with van der Waals surface area (Å²) in [5.74, 6) is -3.88. The zero-order valence-corrected chi connectivity index (χ0v) is 33.4. The van der Waals surface area contributed by atoms with Gasteiger partial charge in [0.05, 0.1) is 12.6 Å². The number of nitrogens with one attached hydrogen (secondary N) is 4. The highest BCUT2D eigenvalue weighted by Crippen LogP contribution is 2.65. The molecule has 302 valence electrons. The standard InChI is InChI=1S/C41H60N6O8/c1-40(2,3)55-39(54)45-32(26-19-12-9-13-20-26)38(53)47-23-27-30(41(27,4)5)33(47)35(50)43-28(21-24-15-14-16-24)34(49)36(51)42-22-29(48)44-31(37(52)46(6)7)25-17-10-8-11-18-25/h8,10-11,17-18,24,26-28,30-33H,9,12-16,19-23H2,1-7H3,(H,42,51)(H,43,50)(H,44,48)(H,45,54)/t27-,28-,30-,31-,32-,33-/m0/s1. The van der Waals surface area contributed by atoms with Crippen molar-refractivity contribution >= 4 is 41.4 Å². The first-order valence-electron chi connectivity index (χ1n) is 19.9. The lowest BCUT2D eigenvalue weighted by molar-refractivity contribution is -0.145. The van der Waals surface area contributed by atoms with Crippen molar-refractivity contribution in [2.45, 2.75) is 122 Å². The number of likely N-dealkylation sites (N-methyl/N-ethyl adjacent to an activating group) is 1. The average Bonchev–Trinajstić information content (AvgIpc) is 3.41. The number of amides is 6. The van der Waals surface area contributed by atoms with Crippen molar-refractivity contribution in [1.82, 2.24) is 31.1 Å². The third-order valence-corrected chi connectivity index (χ3v) is 12.0. The first-order chi connectivity index (χ1) is 25.9. The van der Waals surface area contributed by atoms with E-state index in [1.54, 1.807) is 70.1 Å². The van der Waals surface area contributed by atoms with Gasteiger partial charge in [-0.05, 0) is 74.7 Å². The van der Waals surface area contributed by atoms with Crippen LogP contribution in [0.2, 0.25) is 0 Å². The molecule has 6 amide bonds. The highest BCUT2D eigenvalue weighted by molar-refractivity contribution is 6.38. The molecule has 1 saturated heterocycles. The molecule has 3 aliphatic carbocycles. The summed E-state index contributed by atoms with van der Waals surface area (Å²) in [5, 5.41) is 10.8. The number of likely N-dealkylation sites (tertiary alicyclic amines) is 1. The van der Waals surface area contributed by atoms with Crippen LogP contribution in [0.25, 0.3) is 0 Å². The van der Waals surface area contributed by atoms with Crippen molar-refractivity contribution in [2.75, 3.05) is 27.2 Å². The number of fused-ring (bicyclic) bond motifs is 1. The van der Waals surface area contributed by atoms with E-state index in [1.165, 1.54) is 4.90 Å². The monoisotopic (exact) mass is 764 g/mol. The van der Waals surface area contributed by atoms with E-state index in [0.29, 0.717) is 12.1 Å². The maximum atomic E-state index is 14.5. The number of alkyl carbamates (subject to hydrolysis) is 1. The Morgan fingerprint density at radius 3 is 2.13 bits per heavy atom. The van der Waals surface area contributed by atoms with Crippen LogP contribution in [0.1, 0.15) is 104 Å². The van der Waals surface area contributed by atoms with Crippen molar-refractivity contribution in [3.8, 4) is 0 Å². The molecule has 5 rings (SSSR count). The summed E-state index contributed by atoms with van der Waals surface area (Å²) >= 11 is 0. The number of rotatable bonds is 14.